The zero-order valence-electron chi connectivity index (χ0n) is 13.1. The Morgan fingerprint density at radius 2 is 1.88 bits per heavy atom. The summed E-state index contributed by atoms with van der Waals surface area (Å²) in [6, 6.07) is 3.12. The average Bonchev–Trinajstić information content (AvgIpc) is 2.44. The summed E-state index contributed by atoms with van der Waals surface area (Å²) in [5.41, 5.74) is -0.807. The Hall–Kier alpha value is -2.00. The van der Waals surface area contributed by atoms with E-state index in [9.17, 15) is 22.4 Å². The van der Waals surface area contributed by atoms with Gasteiger partial charge in [-0.3, -0.25) is 9.59 Å². The zero-order chi connectivity index (χ0) is 18.0. The van der Waals surface area contributed by atoms with Crippen LogP contribution in [0.15, 0.2) is 29.2 Å². The van der Waals surface area contributed by atoms with Gasteiger partial charge in [-0.2, -0.15) is 4.72 Å². The molecule has 9 heteroatoms. The Kier molecular flexibility index (Phi) is 5.24. The minimum absolute atomic E-state index is 0.160. The molecule has 1 aromatic rings. The minimum atomic E-state index is -3.98. The largest absolute Gasteiger partial charge is 0.481 e. The standard InChI is InChI=1S/C15H19FN2O5S/c1-10(14(21)17-15(7-2-8-15)9-13(19)20)18-24(22,23)12-5-3-11(16)4-6-12/h3-6,10,18H,2,7-9H2,1H3,(H,17,21)(H,19,20)/t10-/m0/s1. The van der Waals surface area contributed by atoms with Gasteiger partial charge in [-0.25, -0.2) is 12.8 Å². The molecule has 1 aromatic carbocycles. The Morgan fingerprint density at radius 3 is 2.33 bits per heavy atom. The van der Waals surface area contributed by atoms with Crippen LogP contribution < -0.4 is 10.0 Å². The quantitative estimate of drug-likeness (QED) is 0.673. The van der Waals surface area contributed by atoms with Gasteiger partial charge in [-0.15, -0.1) is 0 Å². The fourth-order valence-corrected chi connectivity index (χ4v) is 3.78. The van der Waals surface area contributed by atoms with Crippen molar-refractivity contribution in [1.29, 1.82) is 0 Å². The predicted octanol–water partition coefficient (Wildman–Crippen LogP) is 1.01. The van der Waals surface area contributed by atoms with Gasteiger partial charge in [-0.1, -0.05) is 0 Å². The normalized spacial score (nSPS) is 17.6. The number of hydrogen-bond donors (Lipinski definition) is 3. The second kappa shape index (κ2) is 6.86. The Balaban J connectivity index is 2.03. The number of hydrogen-bond acceptors (Lipinski definition) is 4. The van der Waals surface area contributed by atoms with Crippen molar-refractivity contribution in [3.63, 3.8) is 0 Å². The van der Waals surface area contributed by atoms with E-state index in [0.717, 1.165) is 30.7 Å². The van der Waals surface area contributed by atoms with Gasteiger partial charge in [0.25, 0.3) is 0 Å². The fourth-order valence-electron chi connectivity index (χ4n) is 2.58. The summed E-state index contributed by atoms with van der Waals surface area (Å²) in [5.74, 6) is -2.18. The van der Waals surface area contributed by atoms with Crippen molar-refractivity contribution < 1.29 is 27.5 Å². The maximum Gasteiger partial charge on any atom is 0.305 e. The fraction of sp³-hybridized carbons (Fsp3) is 0.467. The van der Waals surface area contributed by atoms with Crippen molar-refractivity contribution in [1.82, 2.24) is 10.0 Å². The van der Waals surface area contributed by atoms with Gasteiger partial charge in [-0.05, 0) is 50.5 Å². The first-order valence-electron chi connectivity index (χ1n) is 7.45. The molecule has 0 heterocycles. The molecule has 132 valence electrons. The third-order valence-electron chi connectivity index (χ3n) is 4.04. The lowest BCUT2D eigenvalue weighted by Crippen LogP contribution is -2.58. The van der Waals surface area contributed by atoms with Gasteiger partial charge in [0.2, 0.25) is 15.9 Å². The predicted molar refractivity (Wildman–Crippen MR) is 83.2 cm³/mol. The highest BCUT2D eigenvalue weighted by Gasteiger charge is 2.41. The molecule has 1 fully saturated rings. The molecule has 1 amide bonds. The molecule has 1 atom stereocenters. The lowest BCUT2D eigenvalue weighted by atomic mass is 9.74. The number of benzene rings is 1. The highest BCUT2D eigenvalue weighted by Crippen LogP contribution is 2.35. The molecule has 0 bridgehead atoms. The third-order valence-corrected chi connectivity index (χ3v) is 5.59. The van der Waals surface area contributed by atoms with E-state index < -0.39 is 39.3 Å². The van der Waals surface area contributed by atoms with Crippen LogP contribution in [0.1, 0.15) is 32.6 Å². The second-order valence-corrected chi connectivity index (χ2v) is 7.70. The molecule has 3 N–H and O–H groups in total. The van der Waals surface area contributed by atoms with E-state index in [1.165, 1.54) is 6.92 Å². The first-order chi connectivity index (χ1) is 11.1. The molecular formula is C15H19FN2O5S. The topological polar surface area (TPSA) is 113 Å². The number of carboxylic acids is 1. The smallest absolute Gasteiger partial charge is 0.305 e. The number of aliphatic carboxylic acids is 1. The van der Waals surface area contributed by atoms with Crippen LogP contribution in [-0.2, 0) is 19.6 Å². The van der Waals surface area contributed by atoms with E-state index in [0.29, 0.717) is 12.8 Å². The molecule has 2 rings (SSSR count). The van der Waals surface area contributed by atoms with E-state index in [2.05, 4.69) is 10.0 Å². The van der Waals surface area contributed by atoms with Crippen LogP contribution in [0.3, 0.4) is 0 Å². The summed E-state index contributed by atoms with van der Waals surface area (Å²) in [4.78, 5) is 23.0. The van der Waals surface area contributed by atoms with Crippen LogP contribution in [-0.4, -0.2) is 37.0 Å². The Morgan fingerprint density at radius 1 is 1.29 bits per heavy atom. The molecule has 24 heavy (non-hydrogen) atoms. The average molecular weight is 358 g/mol. The number of carbonyl (C=O) groups excluding carboxylic acids is 1. The summed E-state index contributed by atoms with van der Waals surface area (Å²) < 4.78 is 39.4. The Labute approximate surface area is 139 Å². The SMILES string of the molecule is C[C@H](NS(=O)(=O)c1ccc(F)cc1)C(=O)NC1(CC(=O)O)CCC1. The Bertz CT molecular complexity index is 729. The van der Waals surface area contributed by atoms with Gasteiger partial charge in [0.1, 0.15) is 5.82 Å². The van der Waals surface area contributed by atoms with E-state index >= 15 is 0 Å². The van der Waals surface area contributed by atoms with Crippen molar-refractivity contribution in [3.8, 4) is 0 Å². The van der Waals surface area contributed by atoms with Crippen LogP contribution in [0.2, 0.25) is 0 Å². The van der Waals surface area contributed by atoms with Gasteiger partial charge in [0, 0.05) is 0 Å². The number of halogens is 1. The van der Waals surface area contributed by atoms with Gasteiger partial charge in [0.05, 0.1) is 22.9 Å². The molecule has 1 aliphatic carbocycles. The maximum atomic E-state index is 12.9. The van der Waals surface area contributed by atoms with Crippen molar-refractivity contribution in [2.45, 2.75) is 49.1 Å². The molecule has 1 aliphatic rings. The molecule has 0 aromatic heterocycles. The van der Waals surface area contributed by atoms with E-state index in [-0.39, 0.29) is 11.3 Å². The number of sulfonamides is 1. The molecule has 0 spiro atoms. The molecule has 0 radical (unpaired) electrons. The molecule has 7 nitrogen and oxygen atoms in total. The number of carboxylic acid groups (broad SMARTS) is 1. The number of rotatable bonds is 7. The summed E-state index contributed by atoms with van der Waals surface area (Å²) in [6.07, 6.45) is 1.70. The van der Waals surface area contributed by atoms with E-state index in [1.807, 2.05) is 0 Å². The first-order valence-corrected chi connectivity index (χ1v) is 8.94. The van der Waals surface area contributed by atoms with Crippen LogP contribution in [0.5, 0.6) is 0 Å². The summed E-state index contributed by atoms with van der Waals surface area (Å²) in [5, 5.41) is 11.6. The summed E-state index contributed by atoms with van der Waals surface area (Å²) >= 11 is 0. The van der Waals surface area contributed by atoms with Crippen molar-refractivity contribution in [2.24, 2.45) is 0 Å². The van der Waals surface area contributed by atoms with Crippen molar-refractivity contribution in [2.75, 3.05) is 0 Å². The molecule has 0 saturated heterocycles. The zero-order valence-corrected chi connectivity index (χ0v) is 13.9. The van der Waals surface area contributed by atoms with Crippen LogP contribution >= 0.6 is 0 Å². The summed E-state index contributed by atoms with van der Waals surface area (Å²) in [6.45, 7) is 1.36. The number of carbonyl (C=O) groups is 2. The first kappa shape index (κ1) is 18.3. The van der Waals surface area contributed by atoms with Gasteiger partial charge < -0.3 is 10.4 Å². The lowest BCUT2D eigenvalue weighted by molar-refractivity contribution is -0.140. The molecule has 0 aliphatic heterocycles. The van der Waals surface area contributed by atoms with Gasteiger partial charge in [0.15, 0.2) is 0 Å². The minimum Gasteiger partial charge on any atom is -0.481 e. The molecule has 0 unspecified atom stereocenters. The van der Waals surface area contributed by atoms with Crippen molar-refractivity contribution in [3.05, 3.63) is 30.1 Å². The lowest BCUT2D eigenvalue weighted by Gasteiger charge is -2.42. The van der Waals surface area contributed by atoms with Crippen LogP contribution in [0.4, 0.5) is 4.39 Å². The maximum absolute atomic E-state index is 12.9. The van der Waals surface area contributed by atoms with Crippen LogP contribution in [0.25, 0.3) is 0 Å². The van der Waals surface area contributed by atoms with Crippen LogP contribution in [0, 0.1) is 5.82 Å². The number of amides is 1. The molecule has 1 saturated carbocycles. The summed E-state index contributed by atoms with van der Waals surface area (Å²) in [7, 11) is -3.98. The van der Waals surface area contributed by atoms with E-state index in [1.54, 1.807) is 0 Å². The monoisotopic (exact) mass is 358 g/mol. The molecular weight excluding hydrogens is 339 g/mol. The van der Waals surface area contributed by atoms with Gasteiger partial charge >= 0.3 is 5.97 Å². The number of nitrogens with one attached hydrogen (secondary N) is 2. The highest BCUT2D eigenvalue weighted by atomic mass is 32.2. The third kappa shape index (κ3) is 4.30. The second-order valence-electron chi connectivity index (χ2n) is 5.99. The van der Waals surface area contributed by atoms with Crippen molar-refractivity contribution >= 4 is 21.9 Å². The van der Waals surface area contributed by atoms with E-state index in [4.69, 9.17) is 5.11 Å². The highest BCUT2D eigenvalue weighted by molar-refractivity contribution is 7.89.